The maximum absolute atomic E-state index is 8.70. The molecule has 0 bridgehead atoms. The molecule has 0 atom stereocenters. The Morgan fingerprint density at radius 3 is 2.90 bits per heavy atom. The molecule has 0 aliphatic heterocycles. The molecule has 2 rings (SSSR count). The van der Waals surface area contributed by atoms with Gasteiger partial charge in [-0.2, -0.15) is 0 Å². The van der Waals surface area contributed by atoms with Gasteiger partial charge >= 0.3 is 0 Å². The van der Waals surface area contributed by atoms with E-state index in [-0.39, 0.29) is 6.61 Å². The standard InChI is InChI=1S/C16H18N2OS/c1-18(12-14-6-2-4-10-17-14)13-16-9-8-15(20-16)7-3-5-11-19/h2,4,6,8-10,19H,5,11-13H2,1H3. The maximum Gasteiger partial charge on any atom is 0.0771 e. The van der Waals surface area contributed by atoms with Crippen molar-refractivity contribution in [3.63, 3.8) is 0 Å². The summed E-state index contributed by atoms with van der Waals surface area (Å²) < 4.78 is 0. The zero-order chi connectivity index (χ0) is 14.2. The van der Waals surface area contributed by atoms with Gasteiger partial charge in [-0.3, -0.25) is 9.88 Å². The van der Waals surface area contributed by atoms with Crippen LogP contribution in [0.2, 0.25) is 0 Å². The van der Waals surface area contributed by atoms with E-state index < -0.39 is 0 Å². The first-order valence-corrected chi connectivity index (χ1v) is 7.36. The summed E-state index contributed by atoms with van der Waals surface area (Å²) in [6, 6.07) is 10.1. The monoisotopic (exact) mass is 286 g/mol. The van der Waals surface area contributed by atoms with Crippen LogP contribution in [-0.2, 0) is 13.1 Å². The third-order valence-corrected chi connectivity index (χ3v) is 3.68. The van der Waals surface area contributed by atoms with Gasteiger partial charge in [0.15, 0.2) is 0 Å². The van der Waals surface area contributed by atoms with Crippen molar-refractivity contribution in [2.75, 3.05) is 13.7 Å². The molecule has 2 heterocycles. The molecule has 4 heteroatoms. The smallest absolute Gasteiger partial charge is 0.0771 e. The van der Waals surface area contributed by atoms with Gasteiger partial charge in [-0.1, -0.05) is 17.9 Å². The highest BCUT2D eigenvalue weighted by Crippen LogP contribution is 2.17. The van der Waals surface area contributed by atoms with Gasteiger partial charge in [-0.15, -0.1) is 11.3 Å². The molecule has 3 nitrogen and oxygen atoms in total. The van der Waals surface area contributed by atoms with Crippen molar-refractivity contribution < 1.29 is 5.11 Å². The molecule has 2 aromatic heterocycles. The molecule has 0 radical (unpaired) electrons. The average molecular weight is 286 g/mol. The van der Waals surface area contributed by atoms with Gasteiger partial charge in [0.05, 0.1) is 17.2 Å². The van der Waals surface area contributed by atoms with E-state index in [9.17, 15) is 0 Å². The van der Waals surface area contributed by atoms with Crippen LogP contribution in [0.25, 0.3) is 0 Å². The van der Waals surface area contributed by atoms with Crippen LogP contribution in [-0.4, -0.2) is 28.6 Å². The van der Waals surface area contributed by atoms with E-state index in [1.54, 1.807) is 11.3 Å². The number of hydrogen-bond acceptors (Lipinski definition) is 4. The van der Waals surface area contributed by atoms with Crippen LogP contribution in [0.5, 0.6) is 0 Å². The number of nitrogens with zero attached hydrogens (tertiary/aromatic N) is 2. The zero-order valence-electron chi connectivity index (χ0n) is 11.5. The number of rotatable bonds is 5. The average Bonchev–Trinajstić information content (AvgIpc) is 2.87. The van der Waals surface area contributed by atoms with Gasteiger partial charge in [0.25, 0.3) is 0 Å². The summed E-state index contributed by atoms with van der Waals surface area (Å²) in [5, 5.41) is 8.70. The Morgan fingerprint density at radius 1 is 1.25 bits per heavy atom. The molecule has 104 valence electrons. The lowest BCUT2D eigenvalue weighted by molar-refractivity contribution is 0.305. The van der Waals surface area contributed by atoms with E-state index in [0.717, 1.165) is 23.7 Å². The molecule has 0 fully saturated rings. The van der Waals surface area contributed by atoms with Gasteiger partial charge in [0, 0.05) is 30.6 Å². The van der Waals surface area contributed by atoms with E-state index >= 15 is 0 Å². The van der Waals surface area contributed by atoms with Crippen molar-refractivity contribution in [2.24, 2.45) is 0 Å². The lowest BCUT2D eigenvalue weighted by atomic mass is 10.3. The van der Waals surface area contributed by atoms with Crippen molar-refractivity contribution >= 4 is 11.3 Å². The first-order chi connectivity index (χ1) is 9.78. The van der Waals surface area contributed by atoms with Gasteiger partial charge in [0.2, 0.25) is 0 Å². The molecule has 0 amide bonds. The highest BCUT2D eigenvalue weighted by molar-refractivity contribution is 7.12. The molecule has 0 saturated heterocycles. The number of thiophene rings is 1. The minimum absolute atomic E-state index is 0.123. The van der Waals surface area contributed by atoms with Crippen molar-refractivity contribution in [2.45, 2.75) is 19.5 Å². The first kappa shape index (κ1) is 14.7. The predicted octanol–water partition coefficient (Wildman–Crippen LogP) is 2.51. The van der Waals surface area contributed by atoms with Crippen LogP contribution in [0.15, 0.2) is 36.5 Å². The van der Waals surface area contributed by atoms with E-state index in [1.807, 2.05) is 30.5 Å². The fraction of sp³-hybridized carbons (Fsp3) is 0.312. The molecule has 0 aliphatic carbocycles. The molecule has 0 saturated carbocycles. The Kier molecular flexibility index (Phi) is 5.75. The molecule has 0 aliphatic rings. The maximum atomic E-state index is 8.70. The Labute approximate surface area is 123 Å². The lowest BCUT2D eigenvalue weighted by Gasteiger charge is -2.14. The van der Waals surface area contributed by atoms with Crippen LogP contribution in [0.4, 0.5) is 0 Å². The fourth-order valence-corrected chi connectivity index (χ4v) is 2.79. The summed E-state index contributed by atoms with van der Waals surface area (Å²) in [7, 11) is 2.09. The van der Waals surface area contributed by atoms with Crippen LogP contribution >= 0.6 is 11.3 Å². The predicted molar refractivity (Wildman–Crippen MR) is 82.3 cm³/mol. The molecular formula is C16H18N2OS. The van der Waals surface area contributed by atoms with E-state index in [2.05, 4.69) is 34.8 Å². The van der Waals surface area contributed by atoms with Crippen molar-refractivity contribution in [1.29, 1.82) is 0 Å². The zero-order valence-corrected chi connectivity index (χ0v) is 12.4. The van der Waals surface area contributed by atoms with Crippen LogP contribution in [0.3, 0.4) is 0 Å². The largest absolute Gasteiger partial charge is 0.395 e. The second-order valence-electron chi connectivity index (χ2n) is 4.53. The van der Waals surface area contributed by atoms with Crippen LogP contribution in [0.1, 0.15) is 21.9 Å². The van der Waals surface area contributed by atoms with Crippen molar-refractivity contribution in [1.82, 2.24) is 9.88 Å². The van der Waals surface area contributed by atoms with E-state index in [0.29, 0.717) is 6.42 Å². The van der Waals surface area contributed by atoms with Gasteiger partial charge in [0.1, 0.15) is 0 Å². The van der Waals surface area contributed by atoms with Crippen molar-refractivity contribution in [3.8, 4) is 11.8 Å². The number of pyridine rings is 1. The summed E-state index contributed by atoms with van der Waals surface area (Å²) in [4.78, 5) is 8.91. The third kappa shape index (κ3) is 4.78. The number of aromatic nitrogens is 1. The summed E-state index contributed by atoms with van der Waals surface area (Å²) in [5.74, 6) is 6.01. The van der Waals surface area contributed by atoms with Crippen molar-refractivity contribution in [3.05, 3.63) is 52.0 Å². The summed E-state index contributed by atoms with van der Waals surface area (Å²) >= 11 is 1.70. The molecule has 0 aromatic carbocycles. The minimum atomic E-state index is 0.123. The van der Waals surface area contributed by atoms with Crippen LogP contribution in [0, 0.1) is 11.8 Å². The Bertz CT molecular complexity index is 583. The Balaban J connectivity index is 1.89. The normalized spacial score (nSPS) is 10.3. The molecule has 2 aromatic rings. The highest BCUT2D eigenvalue weighted by atomic mass is 32.1. The molecule has 0 unspecified atom stereocenters. The number of aliphatic hydroxyl groups is 1. The van der Waals surface area contributed by atoms with Gasteiger partial charge < -0.3 is 5.11 Å². The summed E-state index contributed by atoms with van der Waals surface area (Å²) in [6.45, 7) is 1.85. The molecular weight excluding hydrogens is 268 g/mol. The lowest BCUT2D eigenvalue weighted by Crippen LogP contribution is -2.17. The summed E-state index contributed by atoms with van der Waals surface area (Å²) in [6.07, 6.45) is 2.36. The van der Waals surface area contributed by atoms with Gasteiger partial charge in [-0.25, -0.2) is 0 Å². The minimum Gasteiger partial charge on any atom is -0.395 e. The highest BCUT2D eigenvalue weighted by Gasteiger charge is 2.04. The number of aliphatic hydroxyl groups excluding tert-OH is 1. The SMILES string of the molecule is CN(Cc1ccccn1)Cc1ccc(C#CCCO)s1. The van der Waals surface area contributed by atoms with Crippen LogP contribution < -0.4 is 0 Å². The Hall–Kier alpha value is -1.67. The quantitative estimate of drug-likeness (QED) is 0.858. The second kappa shape index (κ2) is 7.81. The first-order valence-electron chi connectivity index (χ1n) is 6.55. The topological polar surface area (TPSA) is 36.4 Å². The third-order valence-electron chi connectivity index (χ3n) is 2.69. The fourth-order valence-electron chi connectivity index (χ4n) is 1.83. The second-order valence-corrected chi connectivity index (χ2v) is 5.70. The summed E-state index contributed by atoms with van der Waals surface area (Å²) in [5.41, 5.74) is 1.08. The van der Waals surface area contributed by atoms with E-state index in [1.165, 1.54) is 4.88 Å². The Morgan fingerprint density at radius 2 is 2.15 bits per heavy atom. The number of hydrogen-bond donors (Lipinski definition) is 1. The van der Waals surface area contributed by atoms with E-state index in [4.69, 9.17) is 5.11 Å². The molecule has 20 heavy (non-hydrogen) atoms. The molecule has 1 N–H and O–H groups in total. The molecule has 0 spiro atoms. The van der Waals surface area contributed by atoms with Gasteiger partial charge in [-0.05, 0) is 31.3 Å².